The lowest BCUT2D eigenvalue weighted by Gasteiger charge is -2.14. The van der Waals surface area contributed by atoms with E-state index in [0.29, 0.717) is 32.8 Å². The van der Waals surface area contributed by atoms with Gasteiger partial charge in [-0.25, -0.2) is 9.67 Å². The van der Waals surface area contributed by atoms with Crippen molar-refractivity contribution in [1.82, 2.24) is 34.9 Å². The number of fused-ring (bicyclic) bond motifs is 2. The van der Waals surface area contributed by atoms with Crippen LogP contribution in [0.5, 0.6) is 0 Å². The highest BCUT2D eigenvalue weighted by molar-refractivity contribution is 6.09. The third kappa shape index (κ3) is 3.32. The van der Waals surface area contributed by atoms with Gasteiger partial charge in [0.2, 0.25) is 0 Å². The summed E-state index contributed by atoms with van der Waals surface area (Å²) < 4.78 is 27.1. The van der Waals surface area contributed by atoms with Crippen LogP contribution in [0.15, 0.2) is 72.2 Å². The molecule has 2 aromatic carbocycles. The van der Waals surface area contributed by atoms with E-state index in [4.69, 9.17) is 5.73 Å². The van der Waals surface area contributed by atoms with Gasteiger partial charge in [0, 0.05) is 46.2 Å². The van der Waals surface area contributed by atoms with Crippen molar-refractivity contribution in [2.45, 2.75) is 6.55 Å². The zero-order chi connectivity index (χ0) is 24.1. The summed E-state index contributed by atoms with van der Waals surface area (Å²) in [4.78, 5) is 24.8. The van der Waals surface area contributed by atoms with Crippen molar-refractivity contribution in [2.75, 3.05) is 5.73 Å². The molecule has 0 saturated heterocycles. The first-order valence-electron chi connectivity index (χ1n) is 10.5. The van der Waals surface area contributed by atoms with Gasteiger partial charge in [0.1, 0.15) is 5.82 Å². The van der Waals surface area contributed by atoms with E-state index in [-0.39, 0.29) is 16.6 Å². The van der Waals surface area contributed by atoms with Crippen LogP contribution in [0.2, 0.25) is 0 Å². The van der Waals surface area contributed by atoms with Crippen LogP contribution < -0.4 is 11.3 Å². The first-order valence-corrected chi connectivity index (χ1v) is 10.5. The van der Waals surface area contributed by atoms with Gasteiger partial charge in [-0.3, -0.25) is 14.9 Å². The number of nitrogens with zero attached hydrogens (tertiary/aromatic N) is 5. The molecule has 0 unspecified atom stereocenters. The summed E-state index contributed by atoms with van der Waals surface area (Å²) in [6, 6.07) is 10.7. The van der Waals surface area contributed by atoms with Crippen LogP contribution in [-0.2, 0) is 0 Å². The molecule has 4 aromatic heterocycles. The Balaban J connectivity index is 1.71. The second-order valence-electron chi connectivity index (χ2n) is 7.88. The summed E-state index contributed by atoms with van der Waals surface area (Å²) in [5.74, 6) is 0.302. The monoisotopic (exact) mass is 470 g/mol. The summed E-state index contributed by atoms with van der Waals surface area (Å²) in [5.41, 5.74) is 10.1. The molecule has 0 aliphatic rings. The van der Waals surface area contributed by atoms with Crippen LogP contribution in [-0.4, -0.2) is 34.9 Å². The minimum absolute atomic E-state index is 0.153. The molecule has 0 fully saturated rings. The van der Waals surface area contributed by atoms with Gasteiger partial charge in [-0.15, -0.1) is 0 Å². The number of hydrogen-bond acceptors (Lipinski definition) is 6. The van der Waals surface area contributed by atoms with Crippen molar-refractivity contribution < 1.29 is 8.78 Å². The topological polar surface area (TPSA) is 131 Å². The van der Waals surface area contributed by atoms with Crippen molar-refractivity contribution in [3.8, 4) is 33.6 Å². The Labute approximate surface area is 195 Å². The number of nitrogens with two attached hydrogens (primary N) is 1. The minimum atomic E-state index is -2.81. The first-order chi connectivity index (χ1) is 17.0. The molecule has 0 aliphatic heterocycles. The third-order valence-electron chi connectivity index (χ3n) is 5.86. The molecule has 0 bridgehead atoms. The van der Waals surface area contributed by atoms with E-state index in [1.807, 2.05) is 18.2 Å². The van der Waals surface area contributed by atoms with Crippen LogP contribution in [0.1, 0.15) is 6.55 Å². The molecule has 4 N–H and O–H groups in total. The molecule has 0 amide bonds. The van der Waals surface area contributed by atoms with Gasteiger partial charge < -0.3 is 10.7 Å². The average Bonchev–Trinajstić information content (AvgIpc) is 3.55. The normalized spacial score (nSPS) is 11.6. The zero-order valence-electron chi connectivity index (χ0n) is 17.9. The lowest BCUT2D eigenvalue weighted by Crippen LogP contribution is -2.13. The quantitative estimate of drug-likeness (QED) is 0.328. The molecule has 6 aromatic rings. The fourth-order valence-electron chi connectivity index (χ4n) is 4.22. The highest BCUT2D eigenvalue weighted by Gasteiger charge is 2.21. The Hall–Kier alpha value is -4.93. The maximum absolute atomic E-state index is 13.3. The van der Waals surface area contributed by atoms with Crippen molar-refractivity contribution in [1.29, 1.82) is 0 Å². The van der Waals surface area contributed by atoms with E-state index >= 15 is 0 Å². The average molecular weight is 470 g/mol. The number of halogens is 2. The molecule has 172 valence electrons. The van der Waals surface area contributed by atoms with E-state index in [2.05, 4.69) is 30.2 Å². The number of aromatic amines is 2. The predicted octanol–water partition coefficient (Wildman–Crippen LogP) is 4.37. The Kier molecular flexibility index (Phi) is 4.62. The summed E-state index contributed by atoms with van der Waals surface area (Å²) >= 11 is 0. The molecule has 0 aliphatic carbocycles. The molecule has 0 atom stereocenters. The maximum Gasteiger partial charge on any atom is 0.333 e. The number of alkyl halides is 2. The van der Waals surface area contributed by atoms with Gasteiger partial charge >= 0.3 is 6.55 Å². The molecule has 0 saturated carbocycles. The first kappa shape index (κ1) is 20.7. The smallest absolute Gasteiger partial charge is 0.333 e. The highest BCUT2D eigenvalue weighted by atomic mass is 19.3. The fourth-order valence-corrected chi connectivity index (χ4v) is 4.22. The molecule has 0 radical (unpaired) electrons. The molecular formula is C24H16F2N8O. The van der Waals surface area contributed by atoms with E-state index in [1.54, 1.807) is 36.8 Å². The van der Waals surface area contributed by atoms with Crippen LogP contribution in [0.25, 0.3) is 55.4 Å². The van der Waals surface area contributed by atoms with Crippen LogP contribution in [0, 0.1) is 0 Å². The molecule has 6 rings (SSSR count). The van der Waals surface area contributed by atoms with Crippen molar-refractivity contribution in [3.05, 3.63) is 77.7 Å². The number of H-pyrrole nitrogens is 2. The standard InChI is InChI=1S/C24H16F2N8O/c25-24(26)34-11-13(9-30-34)15-8-16(14-2-1-3-18-17(14)10-29-33-18)20(27)19-21(15)31-22(32-23(19)35)12-4-6-28-7-5-12/h1-11,24H,27H2,(H,29,33)(H,31,32,35). The largest absolute Gasteiger partial charge is 0.398 e. The number of benzene rings is 2. The summed E-state index contributed by atoms with van der Waals surface area (Å²) in [7, 11) is 0. The number of nitrogens with one attached hydrogen (secondary N) is 2. The molecular weight excluding hydrogens is 454 g/mol. The predicted molar refractivity (Wildman–Crippen MR) is 128 cm³/mol. The van der Waals surface area contributed by atoms with Crippen LogP contribution in [0.3, 0.4) is 0 Å². The fraction of sp³-hybridized carbons (Fsp3) is 0.0417. The van der Waals surface area contributed by atoms with Gasteiger partial charge in [0.25, 0.3) is 5.56 Å². The summed E-state index contributed by atoms with van der Waals surface area (Å²) in [6.45, 7) is -2.81. The van der Waals surface area contributed by atoms with Crippen LogP contribution in [0.4, 0.5) is 14.5 Å². The molecule has 0 spiro atoms. The number of anilines is 1. The Morgan fingerprint density at radius 2 is 1.83 bits per heavy atom. The Bertz CT molecular complexity index is 1770. The van der Waals surface area contributed by atoms with Crippen molar-refractivity contribution in [2.24, 2.45) is 0 Å². The second kappa shape index (κ2) is 7.83. The summed E-state index contributed by atoms with van der Waals surface area (Å²) in [5, 5.41) is 11.7. The number of aromatic nitrogens is 7. The zero-order valence-corrected chi connectivity index (χ0v) is 17.9. The second-order valence-corrected chi connectivity index (χ2v) is 7.88. The number of rotatable bonds is 4. The highest BCUT2D eigenvalue weighted by Crippen LogP contribution is 2.40. The van der Waals surface area contributed by atoms with Gasteiger partial charge in [-0.1, -0.05) is 12.1 Å². The lowest BCUT2D eigenvalue weighted by atomic mass is 9.93. The third-order valence-corrected chi connectivity index (χ3v) is 5.86. The number of nitrogen functional groups attached to an aromatic ring is 1. The molecule has 35 heavy (non-hydrogen) atoms. The minimum Gasteiger partial charge on any atom is -0.398 e. The number of hydrogen-bond donors (Lipinski definition) is 3. The van der Waals surface area contributed by atoms with E-state index in [0.717, 1.165) is 16.5 Å². The molecule has 9 nitrogen and oxygen atoms in total. The summed E-state index contributed by atoms with van der Waals surface area (Å²) in [6.07, 6.45) is 7.35. The molecule has 11 heteroatoms. The maximum atomic E-state index is 13.3. The van der Waals surface area contributed by atoms with Gasteiger partial charge in [0.05, 0.1) is 34.5 Å². The van der Waals surface area contributed by atoms with Crippen molar-refractivity contribution in [3.63, 3.8) is 0 Å². The number of pyridine rings is 1. The van der Waals surface area contributed by atoms with Gasteiger partial charge in [0.15, 0.2) is 0 Å². The molecule has 4 heterocycles. The van der Waals surface area contributed by atoms with Crippen LogP contribution >= 0.6 is 0 Å². The van der Waals surface area contributed by atoms with Crippen molar-refractivity contribution >= 4 is 27.5 Å². The van der Waals surface area contributed by atoms with Gasteiger partial charge in [-0.05, 0) is 29.8 Å². The Morgan fingerprint density at radius 1 is 1.00 bits per heavy atom. The SMILES string of the molecule is Nc1c(-c2cccc3[nH]ncc23)cc(-c2cnn(C(F)F)c2)c2nc(-c3ccncc3)[nH]c(=O)c12. The van der Waals surface area contributed by atoms with E-state index < -0.39 is 12.1 Å². The van der Waals surface area contributed by atoms with E-state index in [1.165, 1.54) is 12.4 Å². The van der Waals surface area contributed by atoms with Gasteiger partial charge in [-0.2, -0.15) is 19.0 Å². The lowest BCUT2D eigenvalue weighted by molar-refractivity contribution is 0.0566. The Morgan fingerprint density at radius 3 is 2.60 bits per heavy atom. The van der Waals surface area contributed by atoms with E-state index in [9.17, 15) is 13.6 Å².